The summed E-state index contributed by atoms with van der Waals surface area (Å²) in [7, 11) is 0. The number of fused-ring (bicyclic) bond motifs is 1. The van der Waals surface area contributed by atoms with Gasteiger partial charge in [0.2, 0.25) is 5.95 Å². The average Bonchev–Trinajstić information content (AvgIpc) is 2.76. The molecule has 3 aromatic rings. The van der Waals surface area contributed by atoms with Crippen molar-refractivity contribution in [3.05, 3.63) is 41.6 Å². The zero-order valence-corrected chi connectivity index (χ0v) is 20.9. The highest BCUT2D eigenvalue weighted by molar-refractivity contribution is 5.91. The van der Waals surface area contributed by atoms with Crippen LogP contribution in [0.1, 0.15) is 49.8 Å². The molecule has 1 saturated carbocycles. The van der Waals surface area contributed by atoms with Crippen molar-refractivity contribution < 1.29 is 0 Å². The zero-order valence-electron chi connectivity index (χ0n) is 20.9. The lowest BCUT2D eigenvalue weighted by Crippen LogP contribution is -2.52. The van der Waals surface area contributed by atoms with E-state index in [4.69, 9.17) is 20.7 Å². The average molecular weight is 473 g/mol. The molecule has 35 heavy (non-hydrogen) atoms. The van der Waals surface area contributed by atoms with E-state index in [0.29, 0.717) is 0 Å². The second-order valence-electron chi connectivity index (χ2n) is 10.4. The van der Waals surface area contributed by atoms with Crippen LogP contribution in [0.25, 0.3) is 10.9 Å². The summed E-state index contributed by atoms with van der Waals surface area (Å²) in [5.74, 6) is 2.66. The summed E-state index contributed by atoms with van der Waals surface area (Å²) in [6, 6.07) is 9.26. The molecule has 8 nitrogen and oxygen atoms in total. The highest BCUT2D eigenvalue weighted by atomic mass is 15.3. The van der Waals surface area contributed by atoms with Crippen LogP contribution in [0.3, 0.4) is 0 Å². The Bertz CT molecular complexity index is 1190. The number of nitrogens with one attached hydrogen (secondary N) is 1. The normalized spacial score (nSPS) is 19.9. The highest BCUT2D eigenvalue weighted by Gasteiger charge is 2.28. The number of anilines is 4. The first-order valence-corrected chi connectivity index (χ1v) is 13.1. The molecule has 3 aliphatic rings. The Morgan fingerprint density at radius 1 is 0.943 bits per heavy atom. The minimum Gasteiger partial charge on any atom is -0.399 e. The van der Waals surface area contributed by atoms with Crippen molar-refractivity contribution in [1.29, 1.82) is 0 Å². The molecule has 8 heteroatoms. The van der Waals surface area contributed by atoms with Gasteiger partial charge in [-0.2, -0.15) is 4.98 Å². The first-order chi connectivity index (χ1) is 17.0. The Kier molecular flexibility index (Phi) is 5.84. The van der Waals surface area contributed by atoms with Gasteiger partial charge in [-0.15, -0.1) is 0 Å². The summed E-state index contributed by atoms with van der Waals surface area (Å²) < 4.78 is 0. The molecule has 0 spiro atoms. The number of benzene rings is 1. The van der Waals surface area contributed by atoms with Gasteiger partial charge in [0.1, 0.15) is 11.6 Å². The van der Waals surface area contributed by atoms with Crippen molar-refractivity contribution in [2.45, 2.75) is 51.6 Å². The molecule has 184 valence electrons. The van der Waals surface area contributed by atoms with Crippen LogP contribution in [0.2, 0.25) is 0 Å². The van der Waals surface area contributed by atoms with Gasteiger partial charge in [0.15, 0.2) is 0 Å². The number of hydrogen-bond donors (Lipinski definition) is 2. The summed E-state index contributed by atoms with van der Waals surface area (Å²) in [6.45, 7) is 10.5. The Labute approximate surface area is 207 Å². The molecule has 3 fully saturated rings. The minimum atomic E-state index is 0.0576. The number of rotatable bonds is 6. The fraction of sp³-hybridized carbons (Fsp3) is 0.519. The molecule has 3 N–H and O–H groups in total. The van der Waals surface area contributed by atoms with E-state index in [-0.39, 0.29) is 6.04 Å². The second-order valence-corrected chi connectivity index (χ2v) is 10.4. The second kappa shape index (κ2) is 9.15. The van der Waals surface area contributed by atoms with Crippen LogP contribution >= 0.6 is 0 Å². The monoisotopic (exact) mass is 472 g/mol. The minimum absolute atomic E-state index is 0.0576. The first-order valence-electron chi connectivity index (χ1n) is 13.1. The van der Waals surface area contributed by atoms with Gasteiger partial charge in [0, 0.05) is 56.4 Å². The third-order valence-corrected chi connectivity index (χ3v) is 7.90. The maximum Gasteiger partial charge on any atom is 0.227 e. The Morgan fingerprint density at radius 2 is 1.74 bits per heavy atom. The van der Waals surface area contributed by atoms with E-state index in [2.05, 4.69) is 46.0 Å². The van der Waals surface area contributed by atoms with Crippen molar-refractivity contribution in [1.82, 2.24) is 19.9 Å². The number of piperazine rings is 1. The van der Waals surface area contributed by atoms with Gasteiger partial charge in [-0.25, -0.2) is 9.97 Å². The Balaban J connectivity index is 1.30. The Morgan fingerprint density at radius 3 is 2.40 bits per heavy atom. The molecule has 1 aromatic carbocycles. The van der Waals surface area contributed by atoms with E-state index in [0.717, 1.165) is 90.6 Å². The van der Waals surface area contributed by atoms with Gasteiger partial charge in [-0.3, -0.25) is 4.90 Å². The lowest BCUT2D eigenvalue weighted by atomic mass is 9.91. The number of hydrogen-bond acceptors (Lipinski definition) is 8. The van der Waals surface area contributed by atoms with Crippen LogP contribution < -0.4 is 20.9 Å². The van der Waals surface area contributed by atoms with E-state index in [1.165, 1.54) is 25.7 Å². The maximum atomic E-state index is 6.14. The summed E-state index contributed by atoms with van der Waals surface area (Å²) in [5.41, 5.74) is 10.1. The van der Waals surface area contributed by atoms with Gasteiger partial charge < -0.3 is 20.9 Å². The van der Waals surface area contributed by atoms with Crippen LogP contribution in [0.15, 0.2) is 30.5 Å². The first kappa shape index (κ1) is 22.3. The third-order valence-electron chi connectivity index (χ3n) is 7.90. The lowest BCUT2D eigenvalue weighted by molar-refractivity contribution is 0.120. The molecule has 1 atom stereocenters. The van der Waals surface area contributed by atoms with E-state index >= 15 is 0 Å². The van der Waals surface area contributed by atoms with E-state index in [9.17, 15) is 0 Å². The molecular formula is C27H36N8. The molecular weight excluding hydrogens is 436 g/mol. The van der Waals surface area contributed by atoms with Gasteiger partial charge in [-0.1, -0.05) is 12.5 Å². The van der Waals surface area contributed by atoms with E-state index in [1.54, 1.807) is 0 Å². The molecule has 0 amide bonds. The van der Waals surface area contributed by atoms with E-state index < -0.39 is 0 Å². The topological polar surface area (TPSA) is 86.4 Å². The quantitative estimate of drug-likeness (QED) is 0.521. The number of nitrogens with two attached hydrogens (primary N) is 1. The highest BCUT2D eigenvalue weighted by Crippen LogP contribution is 2.32. The van der Waals surface area contributed by atoms with Crippen molar-refractivity contribution >= 4 is 34.2 Å². The summed E-state index contributed by atoms with van der Waals surface area (Å²) in [4.78, 5) is 22.0. The predicted octanol–water partition coefficient (Wildman–Crippen LogP) is 3.97. The number of nitrogens with zero attached hydrogens (tertiary/aromatic N) is 6. The number of aromatic nitrogens is 3. The van der Waals surface area contributed by atoms with Crippen LogP contribution in [-0.4, -0.2) is 65.2 Å². The molecule has 2 aromatic heterocycles. The van der Waals surface area contributed by atoms with Crippen molar-refractivity contribution in [2.24, 2.45) is 0 Å². The summed E-state index contributed by atoms with van der Waals surface area (Å²) in [6.07, 6.45) is 7.23. The SMILES string of the molecule is Cc1cc(N)cc([C@@H](C)Nc2nc(N3CCC3)nc3cnc(N4CCN(C5CCC5)CC4)cc23)c1. The number of nitrogen functional groups attached to an aromatic ring is 1. The Hall–Kier alpha value is -3.13. The van der Waals surface area contributed by atoms with Crippen LogP contribution in [0.5, 0.6) is 0 Å². The van der Waals surface area contributed by atoms with Crippen LogP contribution in [-0.2, 0) is 0 Å². The number of pyridine rings is 1. The van der Waals surface area contributed by atoms with Crippen molar-refractivity contribution in [3.63, 3.8) is 0 Å². The largest absolute Gasteiger partial charge is 0.399 e. The van der Waals surface area contributed by atoms with Gasteiger partial charge >= 0.3 is 0 Å². The fourth-order valence-corrected chi connectivity index (χ4v) is 5.40. The van der Waals surface area contributed by atoms with Crippen molar-refractivity contribution in [2.75, 3.05) is 60.1 Å². The van der Waals surface area contributed by atoms with Gasteiger partial charge in [-0.05, 0) is 62.4 Å². The van der Waals surface area contributed by atoms with Gasteiger partial charge in [0.05, 0.1) is 17.8 Å². The van der Waals surface area contributed by atoms with Crippen LogP contribution in [0.4, 0.5) is 23.3 Å². The molecule has 0 radical (unpaired) electrons. The fourth-order valence-electron chi connectivity index (χ4n) is 5.40. The maximum absolute atomic E-state index is 6.14. The molecule has 6 rings (SSSR count). The molecule has 4 heterocycles. The molecule has 1 aliphatic carbocycles. The molecule has 0 unspecified atom stereocenters. The molecule has 2 saturated heterocycles. The van der Waals surface area contributed by atoms with Crippen molar-refractivity contribution in [3.8, 4) is 0 Å². The lowest BCUT2D eigenvalue weighted by Gasteiger charge is -2.43. The smallest absolute Gasteiger partial charge is 0.227 e. The van der Waals surface area contributed by atoms with Crippen LogP contribution in [0, 0.1) is 6.92 Å². The third kappa shape index (κ3) is 4.47. The standard InChI is InChI=1S/C27H36N8/c1-18-13-20(15-21(28)14-18)19(2)30-26-23-16-25(34-11-9-33(10-12-34)22-5-3-6-22)29-17-24(23)31-27(32-26)35-7-4-8-35/h13-17,19,22H,3-12,28H2,1-2H3,(H,30,31,32)/t19-/m1/s1. The molecule has 0 bridgehead atoms. The molecule has 2 aliphatic heterocycles. The van der Waals surface area contributed by atoms with E-state index in [1.807, 2.05) is 18.3 Å². The van der Waals surface area contributed by atoms with Gasteiger partial charge in [0.25, 0.3) is 0 Å². The summed E-state index contributed by atoms with van der Waals surface area (Å²) >= 11 is 0. The zero-order chi connectivity index (χ0) is 23.9. The predicted molar refractivity (Wildman–Crippen MR) is 143 cm³/mol. The number of aryl methyl sites for hydroxylation is 1. The summed E-state index contributed by atoms with van der Waals surface area (Å²) in [5, 5.41) is 4.70.